The number of fused-ring (bicyclic) bond motifs is 6. The van der Waals surface area contributed by atoms with Gasteiger partial charge in [0.15, 0.2) is 17.5 Å². The molecule has 11 aromatic rings. The van der Waals surface area contributed by atoms with Crippen molar-refractivity contribution in [3.63, 3.8) is 0 Å². The molecular weight excluding hydrogens is 703 g/mol. The second-order valence-electron chi connectivity index (χ2n) is 13.9. The summed E-state index contributed by atoms with van der Waals surface area (Å²) in [6.07, 6.45) is 0. The lowest BCUT2D eigenvalue weighted by molar-refractivity contribution is 0.918. The van der Waals surface area contributed by atoms with E-state index in [4.69, 9.17) is 20.1 Å². The molecule has 262 valence electrons. The Morgan fingerprint density at radius 1 is 0.411 bits per heavy atom. The van der Waals surface area contributed by atoms with Crippen molar-refractivity contribution in [2.24, 2.45) is 0 Å². The Hall–Kier alpha value is -7.28. The summed E-state index contributed by atoms with van der Waals surface area (Å²) in [5, 5.41) is 11.2. The first kappa shape index (κ1) is 32.2. The smallest absolute Gasteiger partial charge is 0.165 e. The van der Waals surface area contributed by atoms with E-state index in [0.717, 1.165) is 66.4 Å². The van der Waals surface area contributed by atoms with Crippen molar-refractivity contribution in [3.05, 3.63) is 188 Å². The molecule has 0 amide bonds. The molecular formula is C50H31N5S. The maximum absolute atomic E-state index is 5.33. The molecule has 56 heavy (non-hydrogen) atoms. The fourth-order valence-electron chi connectivity index (χ4n) is 7.83. The Morgan fingerprint density at radius 2 is 0.982 bits per heavy atom. The van der Waals surface area contributed by atoms with Crippen LogP contribution in [0.2, 0.25) is 0 Å². The van der Waals surface area contributed by atoms with E-state index in [-0.39, 0.29) is 0 Å². The third-order valence-electron chi connectivity index (χ3n) is 10.5. The zero-order valence-electron chi connectivity index (χ0n) is 30.0. The normalized spacial score (nSPS) is 11.6. The maximum atomic E-state index is 5.33. The molecule has 0 aliphatic rings. The monoisotopic (exact) mass is 733 g/mol. The first-order valence-electron chi connectivity index (χ1n) is 18.7. The topological polar surface area (TPSA) is 56.5 Å². The number of rotatable bonds is 6. The Kier molecular flexibility index (Phi) is 7.60. The standard InChI is InChI=1S/C50H31N5S/c1-4-15-33(16-5-1)45-44-42(31-36-19-10-11-22-38(36)46(44)55(54-45)37-20-8-3-9-21-37)32-27-29-35(30-28-32)49-51-48(34-17-6-2-7-18-34)52-50(53-49)41-25-14-24-40-39-23-12-13-26-43(39)56-47(40)41/h1-31H. The van der Waals surface area contributed by atoms with Crippen LogP contribution in [0.5, 0.6) is 0 Å². The molecule has 3 heterocycles. The van der Waals surface area contributed by atoms with Gasteiger partial charge in [-0.3, -0.25) is 0 Å². The van der Waals surface area contributed by atoms with E-state index in [1.165, 1.54) is 20.2 Å². The van der Waals surface area contributed by atoms with Gasteiger partial charge in [-0.15, -0.1) is 11.3 Å². The maximum Gasteiger partial charge on any atom is 0.165 e. The fourth-order valence-corrected chi connectivity index (χ4v) is 9.05. The van der Waals surface area contributed by atoms with Crippen LogP contribution in [-0.2, 0) is 0 Å². The van der Waals surface area contributed by atoms with Crippen LogP contribution < -0.4 is 0 Å². The van der Waals surface area contributed by atoms with Crippen LogP contribution in [0.1, 0.15) is 0 Å². The molecule has 0 spiro atoms. The molecule has 0 radical (unpaired) electrons. The number of hydrogen-bond acceptors (Lipinski definition) is 5. The lowest BCUT2D eigenvalue weighted by Crippen LogP contribution is -2.00. The average Bonchev–Trinajstić information content (AvgIpc) is 3.87. The third-order valence-corrected chi connectivity index (χ3v) is 11.7. The second kappa shape index (κ2) is 13.2. The molecule has 0 aliphatic heterocycles. The van der Waals surface area contributed by atoms with Gasteiger partial charge in [-0.05, 0) is 46.8 Å². The van der Waals surface area contributed by atoms with Crippen molar-refractivity contribution in [2.75, 3.05) is 0 Å². The number of benzene rings is 8. The molecule has 0 bridgehead atoms. The number of thiophene rings is 1. The fraction of sp³-hybridized carbons (Fsp3) is 0. The van der Waals surface area contributed by atoms with Crippen LogP contribution >= 0.6 is 11.3 Å². The highest BCUT2D eigenvalue weighted by atomic mass is 32.1. The summed E-state index contributed by atoms with van der Waals surface area (Å²) in [6.45, 7) is 0. The Balaban J connectivity index is 1.10. The van der Waals surface area contributed by atoms with Gasteiger partial charge in [0.1, 0.15) is 5.69 Å². The molecule has 0 unspecified atom stereocenters. The lowest BCUT2D eigenvalue weighted by atomic mass is 9.93. The van der Waals surface area contributed by atoms with Crippen LogP contribution in [0.4, 0.5) is 0 Å². The Morgan fingerprint density at radius 3 is 1.73 bits per heavy atom. The molecule has 0 saturated carbocycles. The van der Waals surface area contributed by atoms with Crippen LogP contribution in [0, 0.1) is 0 Å². The molecule has 6 heteroatoms. The Bertz CT molecular complexity index is 3230. The summed E-state index contributed by atoms with van der Waals surface area (Å²) in [5.41, 5.74) is 9.17. The first-order valence-corrected chi connectivity index (χ1v) is 19.5. The minimum Gasteiger partial charge on any atom is -0.232 e. The molecule has 5 nitrogen and oxygen atoms in total. The number of nitrogens with zero attached hydrogens (tertiary/aromatic N) is 5. The van der Waals surface area contributed by atoms with Crippen LogP contribution in [0.25, 0.3) is 104 Å². The lowest BCUT2D eigenvalue weighted by Gasteiger charge is -2.12. The quantitative estimate of drug-likeness (QED) is 0.171. The van der Waals surface area contributed by atoms with Gasteiger partial charge in [0, 0.05) is 53.2 Å². The minimum atomic E-state index is 0.629. The van der Waals surface area contributed by atoms with E-state index < -0.39 is 0 Å². The van der Waals surface area contributed by atoms with Crippen LogP contribution in [0.3, 0.4) is 0 Å². The molecule has 11 rings (SSSR count). The van der Waals surface area contributed by atoms with Crippen molar-refractivity contribution < 1.29 is 0 Å². The van der Waals surface area contributed by atoms with Crippen molar-refractivity contribution in [2.45, 2.75) is 0 Å². The van der Waals surface area contributed by atoms with E-state index in [0.29, 0.717) is 17.5 Å². The average molecular weight is 734 g/mol. The van der Waals surface area contributed by atoms with E-state index in [1.807, 2.05) is 30.3 Å². The van der Waals surface area contributed by atoms with Gasteiger partial charge in [-0.25, -0.2) is 19.6 Å². The van der Waals surface area contributed by atoms with E-state index >= 15 is 0 Å². The SMILES string of the molecule is c1ccc(-c2nc(-c3ccc(-c4cc5ccccc5c5c4c(-c4ccccc4)nn5-c4ccccc4)cc3)nc(-c3cccc4c3sc3ccccc34)n2)cc1. The summed E-state index contributed by atoms with van der Waals surface area (Å²) in [7, 11) is 0. The van der Waals surface area contributed by atoms with Crippen LogP contribution in [0.15, 0.2) is 188 Å². The molecule has 0 N–H and O–H groups in total. The highest BCUT2D eigenvalue weighted by Gasteiger charge is 2.22. The van der Waals surface area contributed by atoms with Crippen molar-refractivity contribution >= 4 is 53.2 Å². The van der Waals surface area contributed by atoms with Gasteiger partial charge in [0.25, 0.3) is 0 Å². The highest BCUT2D eigenvalue weighted by molar-refractivity contribution is 7.26. The minimum absolute atomic E-state index is 0.629. The molecule has 0 atom stereocenters. The van der Waals surface area contributed by atoms with Crippen molar-refractivity contribution in [1.29, 1.82) is 0 Å². The van der Waals surface area contributed by atoms with Crippen molar-refractivity contribution in [1.82, 2.24) is 24.7 Å². The highest BCUT2D eigenvalue weighted by Crippen LogP contribution is 2.43. The van der Waals surface area contributed by atoms with Gasteiger partial charge in [0.2, 0.25) is 0 Å². The van der Waals surface area contributed by atoms with Gasteiger partial charge in [-0.2, -0.15) is 5.10 Å². The Labute approximate surface area is 326 Å². The predicted molar refractivity (Wildman–Crippen MR) is 232 cm³/mol. The van der Waals surface area contributed by atoms with E-state index in [9.17, 15) is 0 Å². The summed E-state index contributed by atoms with van der Waals surface area (Å²) >= 11 is 1.78. The van der Waals surface area contributed by atoms with E-state index in [1.54, 1.807) is 11.3 Å². The summed E-state index contributed by atoms with van der Waals surface area (Å²) in [6, 6.07) is 65.5. The summed E-state index contributed by atoms with van der Waals surface area (Å²) < 4.78 is 4.52. The number of aromatic nitrogens is 5. The number of hydrogen-bond donors (Lipinski definition) is 0. The molecule has 0 saturated heterocycles. The predicted octanol–water partition coefficient (Wildman–Crippen LogP) is 13.1. The summed E-state index contributed by atoms with van der Waals surface area (Å²) in [5.74, 6) is 1.93. The first-order chi connectivity index (χ1) is 27.8. The van der Waals surface area contributed by atoms with Crippen molar-refractivity contribution in [3.8, 4) is 62.2 Å². The number of para-hydroxylation sites is 1. The zero-order valence-corrected chi connectivity index (χ0v) is 30.9. The van der Waals surface area contributed by atoms with E-state index in [2.05, 4.69) is 162 Å². The zero-order chi connectivity index (χ0) is 37.0. The van der Waals surface area contributed by atoms with Crippen LogP contribution in [-0.4, -0.2) is 24.7 Å². The van der Waals surface area contributed by atoms with Gasteiger partial charge < -0.3 is 0 Å². The molecule has 3 aromatic heterocycles. The van der Waals surface area contributed by atoms with Gasteiger partial charge in [-0.1, -0.05) is 158 Å². The molecule has 8 aromatic carbocycles. The second-order valence-corrected chi connectivity index (χ2v) is 14.9. The molecule has 0 aliphatic carbocycles. The third kappa shape index (κ3) is 5.38. The van der Waals surface area contributed by atoms with Gasteiger partial charge in [0.05, 0.1) is 11.2 Å². The largest absolute Gasteiger partial charge is 0.232 e. The molecule has 0 fully saturated rings. The summed E-state index contributed by atoms with van der Waals surface area (Å²) in [4.78, 5) is 15.3. The van der Waals surface area contributed by atoms with Gasteiger partial charge >= 0.3 is 0 Å².